The molecule has 2 aliphatic rings. The number of amides is 4. The normalized spacial score (nSPS) is 13.6. The quantitative estimate of drug-likeness (QED) is 0.0649. The van der Waals surface area contributed by atoms with Crippen LogP contribution in [-0.2, 0) is 12.8 Å². The van der Waals surface area contributed by atoms with Gasteiger partial charge in [-0.3, -0.25) is 28.8 Å². The van der Waals surface area contributed by atoms with Gasteiger partial charge in [0.1, 0.15) is 0 Å². The standard InChI is InChI=1S/C70H38N2O6/c73-57(49-29-23-41-11-3-15-47-45-13-1-7-39-9-5-17-51(59(39)45)63(49)61(41)47)35-37-19-25-43(26-20-37)71-67(75)53-31-33-55-66-56(34-32-54(65(53)66)68(71)76)70(78)72(69(55)77)44-27-21-38(22-28-44)36-58(74)50-30-24-42-12-4-16-48-46-14-2-8-40-10-6-18-52(60(40)46)64(50)62(42)48/h1-34H,35-36H2. The highest BCUT2D eigenvalue weighted by Gasteiger charge is 2.41. The van der Waals surface area contributed by atoms with E-state index in [1.165, 1.54) is 0 Å². The van der Waals surface area contributed by atoms with E-state index in [1.807, 2.05) is 36.4 Å². The van der Waals surface area contributed by atoms with Crippen LogP contribution in [0.1, 0.15) is 73.3 Å². The number of imide groups is 2. The fourth-order valence-corrected chi connectivity index (χ4v) is 13.2. The van der Waals surface area contributed by atoms with Crippen LogP contribution in [0.25, 0.3) is 97.0 Å². The van der Waals surface area contributed by atoms with Crippen LogP contribution in [0.15, 0.2) is 206 Å². The summed E-state index contributed by atoms with van der Waals surface area (Å²) in [7, 11) is 0. The topological polar surface area (TPSA) is 109 Å². The Morgan fingerprint density at radius 3 is 0.897 bits per heavy atom. The summed E-state index contributed by atoms with van der Waals surface area (Å²) in [4.78, 5) is 88.9. The van der Waals surface area contributed by atoms with Crippen molar-refractivity contribution in [3.05, 3.63) is 251 Å². The van der Waals surface area contributed by atoms with E-state index in [0.717, 1.165) is 96.0 Å². The minimum absolute atomic E-state index is 0.0540. The van der Waals surface area contributed by atoms with Crippen molar-refractivity contribution in [1.29, 1.82) is 0 Å². The van der Waals surface area contributed by atoms with Crippen molar-refractivity contribution in [1.82, 2.24) is 0 Å². The lowest BCUT2D eigenvalue weighted by Gasteiger charge is -2.32. The summed E-state index contributed by atoms with van der Waals surface area (Å²) in [5.41, 5.74) is 4.08. The maximum absolute atomic E-state index is 14.5. The predicted octanol–water partition coefficient (Wildman–Crippen LogP) is 15.4. The van der Waals surface area contributed by atoms with Gasteiger partial charge in [-0.05, 0) is 135 Å². The van der Waals surface area contributed by atoms with Crippen LogP contribution in [-0.4, -0.2) is 35.2 Å². The number of carbonyl (C=O) groups excluding carboxylic acids is 6. The van der Waals surface area contributed by atoms with Gasteiger partial charge in [-0.25, -0.2) is 9.80 Å². The monoisotopic (exact) mass is 1000 g/mol. The first-order valence-corrected chi connectivity index (χ1v) is 26.0. The third kappa shape index (κ3) is 5.99. The Kier molecular flexibility index (Phi) is 9.03. The van der Waals surface area contributed by atoms with Gasteiger partial charge in [-0.2, -0.15) is 0 Å². The molecule has 16 rings (SSSR count). The van der Waals surface area contributed by atoms with Crippen LogP contribution in [0.4, 0.5) is 11.4 Å². The summed E-state index contributed by atoms with van der Waals surface area (Å²) in [6, 6.07) is 65.4. The highest BCUT2D eigenvalue weighted by atomic mass is 16.2. The third-order valence-corrected chi connectivity index (χ3v) is 16.6. The van der Waals surface area contributed by atoms with Gasteiger partial charge in [0.15, 0.2) is 11.6 Å². The van der Waals surface area contributed by atoms with Gasteiger partial charge in [0, 0.05) is 67.8 Å². The van der Waals surface area contributed by atoms with E-state index in [2.05, 4.69) is 97.1 Å². The minimum atomic E-state index is -0.594. The smallest absolute Gasteiger partial charge is 0.265 e. The fraction of sp³-hybridized carbons (Fsp3) is 0.0286. The number of carbonyl (C=O) groups is 6. The molecule has 78 heavy (non-hydrogen) atoms. The summed E-state index contributed by atoms with van der Waals surface area (Å²) >= 11 is 0. The molecular formula is C70H38N2O6. The molecule has 0 atom stereocenters. The van der Waals surface area contributed by atoms with E-state index in [-0.39, 0.29) is 57.4 Å². The molecule has 0 unspecified atom stereocenters. The van der Waals surface area contributed by atoms with E-state index in [9.17, 15) is 28.8 Å². The van der Waals surface area contributed by atoms with Crippen molar-refractivity contribution in [2.75, 3.05) is 9.80 Å². The van der Waals surface area contributed by atoms with E-state index in [0.29, 0.717) is 33.6 Å². The lowest BCUT2D eigenvalue weighted by Crippen LogP contribution is -2.43. The molecule has 8 nitrogen and oxygen atoms in total. The van der Waals surface area contributed by atoms with Gasteiger partial charge < -0.3 is 0 Å². The van der Waals surface area contributed by atoms with Gasteiger partial charge in [-0.15, -0.1) is 0 Å². The number of hydrogen-bond acceptors (Lipinski definition) is 6. The zero-order valence-corrected chi connectivity index (χ0v) is 41.4. The summed E-state index contributed by atoms with van der Waals surface area (Å²) in [5, 5.41) is 17.6. The van der Waals surface area contributed by atoms with E-state index >= 15 is 0 Å². The summed E-state index contributed by atoms with van der Waals surface area (Å²) in [5.74, 6) is -2.48. The molecule has 0 N–H and O–H groups in total. The molecule has 0 saturated heterocycles. The number of nitrogens with zero attached hydrogens (tertiary/aromatic N) is 2. The van der Waals surface area contributed by atoms with Crippen LogP contribution in [0, 0.1) is 0 Å². The first-order valence-electron chi connectivity index (χ1n) is 26.0. The Bertz CT molecular complexity index is 4690. The first kappa shape index (κ1) is 43.9. The van der Waals surface area contributed by atoms with Gasteiger partial charge in [-0.1, -0.05) is 158 Å². The molecule has 8 heteroatoms. The molecule has 364 valence electrons. The number of Topliss-reactive ketones (excluding diaryl/α,β-unsaturated/α-hetero) is 2. The Hall–Kier alpha value is -10.4. The molecule has 0 radical (unpaired) electrons. The number of hydrogen-bond donors (Lipinski definition) is 0. The van der Waals surface area contributed by atoms with Crippen molar-refractivity contribution in [3.63, 3.8) is 0 Å². The van der Waals surface area contributed by atoms with Crippen molar-refractivity contribution in [3.8, 4) is 0 Å². The van der Waals surface area contributed by atoms with Crippen LogP contribution in [0.5, 0.6) is 0 Å². The molecule has 0 bridgehead atoms. The molecule has 14 aromatic carbocycles. The van der Waals surface area contributed by atoms with E-state index in [1.54, 1.807) is 72.8 Å². The number of anilines is 2. The summed E-state index contributed by atoms with van der Waals surface area (Å²) in [6.07, 6.45) is 0.191. The first-order chi connectivity index (χ1) is 38.2. The van der Waals surface area contributed by atoms with Crippen LogP contribution in [0.3, 0.4) is 0 Å². The van der Waals surface area contributed by atoms with Crippen LogP contribution in [0.2, 0.25) is 0 Å². The molecule has 14 aromatic rings. The Morgan fingerprint density at radius 1 is 0.269 bits per heavy atom. The maximum atomic E-state index is 14.5. The molecule has 0 fully saturated rings. The maximum Gasteiger partial charge on any atom is 0.265 e. The summed E-state index contributed by atoms with van der Waals surface area (Å²) in [6.45, 7) is 0. The van der Waals surface area contributed by atoms with Crippen molar-refractivity contribution in [2.45, 2.75) is 12.8 Å². The Balaban J connectivity index is 0.671. The highest BCUT2D eigenvalue weighted by molar-refractivity contribution is 6.43. The molecular weight excluding hydrogens is 965 g/mol. The Labute approximate surface area is 443 Å². The average Bonchev–Trinajstić information content (AvgIpc) is 3.54. The minimum Gasteiger partial charge on any atom is -0.294 e. The number of rotatable bonds is 8. The van der Waals surface area contributed by atoms with Crippen LogP contribution >= 0.6 is 0 Å². The van der Waals surface area contributed by atoms with Gasteiger partial charge >= 0.3 is 0 Å². The largest absolute Gasteiger partial charge is 0.294 e. The number of fused-ring (bicyclic) bond motifs is 4. The second kappa shape index (κ2) is 16.0. The van der Waals surface area contributed by atoms with Crippen LogP contribution < -0.4 is 9.80 Å². The predicted molar refractivity (Wildman–Crippen MR) is 310 cm³/mol. The lowest BCUT2D eigenvalue weighted by molar-refractivity contribution is 0.0873. The second-order valence-electron chi connectivity index (χ2n) is 20.7. The van der Waals surface area contributed by atoms with Gasteiger partial charge in [0.2, 0.25) is 0 Å². The van der Waals surface area contributed by atoms with E-state index < -0.39 is 23.6 Å². The zero-order valence-electron chi connectivity index (χ0n) is 41.4. The van der Waals surface area contributed by atoms with Crippen molar-refractivity contribution < 1.29 is 28.8 Å². The zero-order chi connectivity index (χ0) is 52.2. The molecule has 0 saturated carbocycles. The molecule has 0 spiro atoms. The average molecular weight is 1000 g/mol. The molecule has 2 aliphatic heterocycles. The third-order valence-electron chi connectivity index (χ3n) is 16.6. The second-order valence-corrected chi connectivity index (χ2v) is 20.7. The molecule has 2 heterocycles. The fourth-order valence-electron chi connectivity index (χ4n) is 13.2. The van der Waals surface area contributed by atoms with Crippen molar-refractivity contribution >= 4 is 144 Å². The van der Waals surface area contributed by atoms with Gasteiger partial charge in [0.05, 0.1) is 11.4 Å². The van der Waals surface area contributed by atoms with Gasteiger partial charge in [0.25, 0.3) is 23.6 Å². The summed E-state index contributed by atoms with van der Waals surface area (Å²) < 4.78 is 0. The molecule has 4 amide bonds. The highest BCUT2D eigenvalue weighted by Crippen LogP contribution is 2.45. The molecule has 0 aliphatic carbocycles. The van der Waals surface area contributed by atoms with E-state index in [4.69, 9.17) is 0 Å². The van der Waals surface area contributed by atoms with Crippen molar-refractivity contribution in [2.24, 2.45) is 0 Å². The number of benzene rings is 14. The Morgan fingerprint density at radius 2 is 0.564 bits per heavy atom. The number of ketones is 2. The molecule has 0 aromatic heterocycles. The SMILES string of the molecule is O=C(Cc1ccc(N2C(=O)c3ccc4c5c(ccc(c35)C2=O)C(=O)N(c2ccc(CC(=O)c3ccc5cccc6c7cccc8cccc(c3c56)c87)cc2)C4=O)cc1)c1ccc2cccc3c4cccc5cccc(c1c23)c54. The lowest BCUT2D eigenvalue weighted by atomic mass is 9.85.